The van der Waals surface area contributed by atoms with Gasteiger partial charge in [-0.05, 0) is 80.2 Å². The lowest BCUT2D eigenvalue weighted by Gasteiger charge is -2.64. The van der Waals surface area contributed by atoms with Crippen LogP contribution in [0.2, 0.25) is 0 Å². The van der Waals surface area contributed by atoms with E-state index in [0.717, 1.165) is 36.1 Å². The summed E-state index contributed by atoms with van der Waals surface area (Å²) in [6, 6.07) is 5.95. The number of carbonyl (C=O) groups excluding carboxylic acids is 2. The van der Waals surface area contributed by atoms with E-state index in [4.69, 9.17) is 0 Å². The summed E-state index contributed by atoms with van der Waals surface area (Å²) in [5.74, 6) is 0.619. The molecule has 4 fully saturated rings. The molecule has 4 nitrogen and oxygen atoms in total. The molecule has 0 aliphatic heterocycles. The Morgan fingerprint density at radius 1 is 1.00 bits per heavy atom. The highest BCUT2D eigenvalue weighted by molar-refractivity contribution is 5.96. The Morgan fingerprint density at radius 2 is 1.59 bits per heavy atom. The number of aryl methyl sites for hydroxylation is 2. The maximum atomic E-state index is 13.2. The van der Waals surface area contributed by atoms with Gasteiger partial charge >= 0.3 is 0 Å². The highest BCUT2D eigenvalue weighted by atomic mass is 16.2. The highest BCUT2D eigenvalue weighted by Gasteiger charge is 2.62. The quantitative estimate of drug-likeness (QED) is 0.830. The van der Waals surface area contributed by atoms with Gasteiger partial charge in [-0.15, -0.1) is 0 Å². The van der Waals surface area contributed by atoms with E-state index in [1.165, 1.54) is 19.3 Å². The first-order valence-electron chi connectivity index (χ1n) is 10.3. The Bertz CT molecular complexity index is 761. The second kappa shape index (κ2) is 6.08. The summed E-state index contributed by atoms with van der Waals surface area (Å²) in [5, 5.41) is 5.95. The number of para-hydroxylation sites is 1. The lowest BCUT2D eigenvalue weighted by molar-refractivity contribution is -0.170. The van der Waals surface area contributed by atoms with Crippen LogP contribution in [-0.2, 0) is 9.59 Å². The predicted octanol–water partition coefficient (Wildman–Crippen LogP) is 4.35. The Hall–Kier alpha value is -1.84. The van der Waals surface area contributed by atoms with E-state index in [9.17, 15) is 9.59 Å². The summed E-state index contributed by atoms with van der Waals surface area (Å²) >= 11 is 0. The van der Waals surface area contributed by atoms with Gasteiger partial charge in [-0.25, -0.2) is 0 Å². The average molecular weight is 369 g/mol. The van der Waals surface area contributed by atoms with Gasteiger partial charge < -0.3 is 10.6 Å². The molecule has 4 aliphatic rings. The molecular formula is C23H32N2O2. The highest BCUT2D eigenvalue weighted by Crippen LogP contribution is 2.69. The number of nitrogens with one attached hydrogen (secondary N) is 2. The van der Waals surface area contributed by atoms with Crippen molar-refractivity contribution in [2.45, 2.75) is 66.2 Å². The maximum absolute atomic E-state index is 13.2. The van der Waals surface area contributed by atoms with Crippen molar-refractivity contribution in [1.29, 1.82) is 0 Å². The summed E-state index contributed by atoms with van der Waals surface area (Å²) < 4.78 is 0. The van der Waals surface area contributed by atoms with Gasteiger partial charge in [0.1, 0.15) is 0 Å². The molecule has 1 aromatic rings. The minimum atomic E-state index is -0.262. The molecular weight excluding hydrogens is 336 g/mol. The van der Waals surface area contributed by atoms with Gasteiger partial charge in [-0.1, -0.05) is 32.0 Å². The zero-order valence-electron chi connectivity index (χ0n) is 17.1. The van der Waals surface area contributed by atoms with Crippen LogP contribution in [0.5, 0.6) is 0 Å². The molecule has 4 aliphatic carbocycles. The first-order chi connectivity index (χ1) is 12.6. The number of hydrogen-bond acceptors (Lipinski definition) is 2. The molecule has 0 radical (unpaired) electrons. The van der Waals surface area contributed by atoms with Crippen LogP contribution < -0.4 is 10.6 Å². The minimum Gasteiger partial charge on any atom is -0.347 e. The van der Waals surface area contributed by atoms with Gasteiger partial charge in [0, 0.05) is 5.69 Å². The lowest BCUT2D eigenvalue weighted by atomic mass is 9.40. The van der Waals surface area contributed by atoms with Crippen LogP contribution >= 0.6 is 0 Å². The summed E-state index contributed by atoms with van der Waals surface area (Å²) in [4.78, 5) is 25.6. The van der Waals surface area contributed by atoms with Crippen molar-refractivity contribution in [1.82, 2.24) is 5.32 Å². The zero-order chi connectivity index (χ0) is 19.4. The number of rotatable bonds is 4. The van der Waals surface area contributed by atoms with Crippen molar-refractivity contribution >= 4 is 17.5 Å². The number of benzene rings is 1. The van der Waals surface area contributed by atoms with Gasteiger partial charge in [-0.3, -0.25) is 9.59 Å². The molecule has 2 unspecified atom stereocenters. The minimum absolute atomic E-state index is 0.0481. The molecule has 0 spiro atoms. The Labute approximate surface area is 162 Å². The van der Waals surface area contributed by atoms with E-state index in [1.807, 2.05) is 32.0 Å². The van der Waals surface area contributed by atoms with E-state index in [0.29, 0.717) is 16.7 Å². The van der Waals surface area contributed by atoms with Gasteiger partial charge in [0.05, 0.1) is 12.0 Å². The van der Waals surface area contributed by atoms with Crippen LogP contribution in [0.1, 0.15) is 63.5 Å². The van der Waals surface area contributed by atoms with Crippen LogP contribution in [0.3, 0.4) is 0 Å². The SMILES string of the molecule is Cc1cccc(C)c1NC(=O)CNC(=O)C12CC3CC(C)(CC(C)(C3)C1)C2. The van der Waals surface area contributed by atoms with Crippen molar-refractivity contribution in [3.8, 4) is 0 Å². The van der Waals surface area contributed by atoms with Crippen LogP contribution in [0, 0.1) is 36.0 Å². The third-order valence-corrected chi connectivity index (χ3v) is 7.26. The second-order valence-electron chi connectivity index (χ2n) is 10.4. The molecule has 2 amide bonds. The summed E-state index contributed by atoms with van der Waals surface area (Å²) in [6.07, 6.45) is 6.75. The number of carbonyl (C=O) groups is 2. The van der Waals surface area contributed by atoms with E-state index in [2.05, 4.69) is 24.5 Å². The molecule has 2 atom stereocenters. The zero-order valence-corrected chi connectivity index (χ0v) is 17.1. The maximum Gasteiger partial charge on any atom is 0.243 e. The van der Waals surface area contributed by atoms with Crippen LogP contribution in [-0.4, -0.2) is 18.4 Å². The number of hydrogen-bond donors (Lipinski definition) is 2. The predicted molar refractivity (Wildman–Crippen MR) is 107 cm³/mol. The van der Waals surface area contributed by atoms with E-state index in [-0.39, 0.29) is 23.8 Å². The monoisotopic (exact) mass is 368 g/mol. The third kappa shape index (κ3) is 3.28. The molecule has 0 aromatic heterocycles. The molecule has 146 valence electrons. The van der Waals surface area contributed by atoms with Crippen molar-refractivity contribution < 1.29 is 9.59 Å². The molecule has 2 N–H and O–H groups in total. The molecule has 1 aromatic carbocycles. The second-order valence-corrected chi connectivity index (χ2v) is 10.4. The van der Waals surface area contributed by atoms with Crippen LogP contribution in [0.15, 0.2) is 18.2 Å². The fraction of sp³-hybridized carbons (Fsp3) is 0.652. The van der Waals surface area contributed by atoms with Crippen molar-refractivity contribution in [3.05, 3.63) is 29.3 Å². The van der Waals surface area contributed by atoms with Gasteiger partial charge in [-0.2, -0.15) is 0 Å². The Balaban J connectivity index is 1.42. The van der Waals surface area contributed by atoms with Gasteiger partial charge in [0.2, 0.25) is 11.8 Å². The van der Waals surface area contributed by atoms with Gasteiger partial charge in [0.15, 0.2) is 0 Å². The first-order valence-corrected chi connectivity index (χ1v) is 10.3. The normalized spacial score (nSPS) is 36.5. The third-order valence-electron chi connectivity index (χ3n) is 7.26. The van der Waals surface area contributed by atoms with E-state index >= 15 is 0 Å². The smallest absolute Gasteiger partial charge is 0.243 e. The van der Waals surface area contributed by atoms with E-state index < -0.39 is 0 Å². The topological polar surface area (TPSA) is 58.2 Å². The molecule has 4 saturated carbocycles. The number of amides is 2. The van der Waals surface area contributed by atoms with Crippen molar-refractivity contribution in [2.75, 3.05) is 11.9 Å². The van der Waals surface area contributed by atoms with Crippen molar-refractivity contribution in [2.24, 2.45) is 22.2 Å². The summed E-state index contributed by atoms with van der Waals surface area (Å²) in [6.45, 7) is 8.75. The summed E-state index contributed by atoms with van der Waals surface area (Å²) in [5.41, 5.74) is 3.26. The van der Waals surface area contributed by atoms with Crippen molar-refractivity contribution in [3.63, 3.8) is 0 Å². The van der Waals surface area contributed by atoms with Gasteiger partial charge in [0.25, 0.3) is 0 Å². The Kier molecular flexibility index (Phi) is 4.17. The average Bonchev–Trinajstić information content (AvgIpc) is 2.52. The number of anilines is 1. The summed E-state index contributed by atoms with van der Waals surface area (Å²) in [7, 11) is 0. The molecule has 0 heterocycles. The molecule has 27 heavy (non-hydrogen) atoms. The largest absolute Gasteiger partial charge is 0.347 e. The fourth-order valence-corrected chi connectivity index (χ4v) is 7.24. The van der Waals surface area contributed by atoms with Crippen LogP contribution in [0.25, 0.3) is 0 Å². The standard InChI is InChI=1S/C23H32N2O2/c1-15-6-5-7-16(2)19(15)25-18(26)11-24-20(27)23-10-17-8-21(3,13-23)12-22(4,9-17)14-23/h5-7,17H,8-14H2,1-4H3,(H,24,27)(H,25,26). The molecule has 5 rings (SSSR count). The molecule has 4 bridgehead atoms. The molecule has 0 saturated heterocycles. The first kappa shape index (κ1) is 18.5. The van der Waals surface area contributed by atoms with Crippen LogP contribution in [0.4, 0.5) is 5.69 Å². The molecule has 4 heteroatoms. The fourth-order valence-electron chi connectivity index (χ4n) is 7.24. The lowest BCUT2D eigenvalue weighted by Crippen LogP contribution is -2.60. The Morgan fingerprint density at radius 3 is 2.15 bits per heavy atom. The van der Waals surface area contributed by atoms with E-state index in [1.54, 1.807) is 0 Å².